The van der Waals surface area contributed by atoms with E-state index >= 15 is 0 Å². The molecular formula is C16H23N3O4. The number of nitrogens with one attached hydrogen (secondary N) is 3. The van der Waals surface area contributed by atoms with Gasteiger partial charge in [0.25, 0.3) is 5.91 Å². The number of benzene rings is 1. The summed E-state index contributed by atoms with van der Waals surface area (Å²) in [7, 11) is 0. The topological polar surface area (TPSA) is 96.5 Å². The van der Waals surface area contributed by atoms with E-state index in [1.807, 2.05) is 37.5 Å². The van der Waals surface area contributed by atoms with Crippen LogP contribution < -0.4 is 20.9 Å². The van der Waals surface area contributed by atoms with Crippen LogP contribution in [0.4, 0.5) is 0 Å². The Morgan fingerprint density at radius 3 is 2.26 bits per heavy atom. The van der Waals surface area contributed by atoms with Gasteiger partial charge in [-0.2, -0.15) is 0 Å². The summed E-state index contributed by atoms with van der Waals surface area (Å²) in [6, 6.07) is 7.25. The van der Waals surface area contributed by atoms with Crippen LogP contribution in [-0.4, -0.2) is 30.4 Å². The molecule has 0 spiro atoms. The zero-order valence-electron chi connectivity index (χ0n) is 13.8. The summed E-state index contributed by atoms with van der Waals surface area (Å²) < 4.78 is 5.45. The molecule has 1 rings (SSSR count). The van der Waals surface area contributed by atoms with E-state index in [0.29, 0.717) is 5.75 Å². The van der Waals surface area contributed by atoms with Crippen molar-refractivity contribution in [3.63, 3.8) is 0 Å². The molecule has 3 amide bonds. The van der Waals surface area contributed by atoms with Crippen molar-refractivity contribution in [2.24, 2.45) is 0 Å². The fourth-order valence-corrected chi connectivity index (χ4v) is 1.78. The van der Waals surface area contributed by atoms with Crippen molar-refractivity contribution in [2.45, 2.75) is 39.7 Å². The first-order chi connectivity index (χ1) is 10.8. The molecule has 3 N–H and O–H groups in total. The van der Waals surface area contributed by atoms with Crippen molar-refractivity contribution in [3.8, 4) is 5.75 Å². The molecule has 23 heavy (non-hydrogen) atoms. The Bertz CT molecular complexity index is 570. The van der Waals surface area contributed by atoms with E-state index in [4.69, 9.17) is 4.74 Å². The van der Waals surface area contributed by atoms with E-state index in [2.05, 4.69) is 10.7 Å². The fourth-order valence-electron chi connectivity index (χ4n) is 1.78. The fraction of sp³-hybridized carbons (Fsp3) is 0.438. The van der Waals surface area contributed by atoms with Gasteiger partial charge in [-0.15, -0.1) is 0 Å². The van der Waals surface area contributed by atoms with Gasteiger partial charge in [-0.3, -0.25) is 25.2 Å². The Morgan fingerprint density at radius 1 is 1.00 bits per heavy atom. The molecule has 1 aromatic carbocycles. The largest absolute Gasteiger partial charge is 0.483 e. The molecule has 126 valence electrons. The van der Waals surface area contributed by atoms with Crippen LogP contribution in [0.5, 0.6) is 5.75 Å². The number of ether oxygens (including phenoxy) is 1. The Kier molecular flexibility index (Phi) is 7.05. The lowest BCUT2D eigenvalue weighted by atomic mass is 10.0. The van der Waals surface area contributed by atoms with E-state index < -0.39 is 17.7 Å². The van der Waals surface area contributed by atoms with Crippen LogP contribution >= 0.6 is 0 Å². The molecule has 0 aliphatic heterocycles. The molecule has 0 heterocycles. The van der Waals surface area contributed by atoms with Crippen LogP contribution in [0.15, 0.2) is 24.3 Å². The molecule has 0 saturated heterocycles. The number of para-hydroxylation sites is 1. The van der Waals surface area contributed by atoms with Crippen molar-refractivity contribution in [3.05, 3.63) is 29.8 Å². The maximum Gasteiger partial charge on any atom is 0.327 e. The Balaban J connectivity index is 2.44. The molecule has 1 aromatic rings. The van der Waals surface area contributed by atoms with Gasteiger partial charge in [0.05, 0.1) is 0 Å². The number of hydrogen-bond acceptors (Lipinski definition) is 4. The smallest absolute Gasteiger partial charge is 0.327 e. The molecule has 0 bridgehead atoms. The summed E-state index contributed by atoms with van der Waals surface area (Å²) in [6.07, 6.45) is 0. The second-order valence-corrected chi connectivity index (χ2v) is 5.61. The second kappa shape index (κ2) is 8.77. The summed E-state index contributed by atoms with van der Waals surface area (Å²) in [4.78, 5) is 34.4. The number of carbonyl (C=O) groups is 3. The van der Waals surface area contributed by atoms with Crippen LogP contribution in [0.25, 0.3) is 0 Å². The summed E-state index contributed by atoms with van der Waals surface area (Å²) in [6.45, 7) is 7.23. The minimum Gasteiger partial charge on any atom is -0.483 e. The first-order valence-corrected chi connectivity index (χ1v) is 7.42. The minimum atomic E-state index is -0.936. The summed E-state index contributed by atoms with van der Waals surface area (Å²) in [5, 5.41) is 2.41. The third-order valence-electron chi connectivity index (χ3n) is 2.84. The lowest BCUT2D eigenvalue weighted by Crippen LogP contribution is -2.50. The molecule has 0 atom stereocenters. The van der Waals surface area contributed by atoms with E-state index in [1.54, 1.807) is 19.9 Å². The number of rotatable bonds is 5. The highest BCUT2D eigenvalue weighted by Gasteiger charge is 2.15. The predicted octanol–water partition coefficient (Wildman–Crippen LogP) is 0.861. The van der Waals surface area contributed by atoms with Crippen molar-refractivity contribution >= 4 is 17.7 Å². The zero-order valence-corrected chi connectivity index (χ0v) is 13.8. The van der Waals surface area contributed by atoms with Crippen molar-refractivity contribution < 1.29 is 19.1 Å². The molecule has 0 aromatic heterocycles. The average Bonchev–Trinajstić information content (AvgIpc) is 2.49. The maximum absolute atomic E-state index is 11.7. The lowest BCUT2D eigenvalue weighted by molar-refractivity contribution is -0.141. The minimum absolute atomic E-state index is 0.167. The van der Waals surface area contributed by atoms with E-state index in [-0.39, 0.29) is 18.6 Å². The number of carbonyl (C=O) groups excluding carboxylic acids is 3. The highest BCUT2D eigenvalue weighted by atomic mass is 16.5. The van der Waals surface area contributed by atoms with Crippen LogP contribution in [0.2, 0.25) is 0 Å². The maximum atomic E-state index is 11.7. The summed E-state index contributed by atoms with van der Waals surface area (Å²) in [5.74, 6) is -1.44. The quantitative estimate of drug-likeness (QED) is 0.553. The van der Waals surface area contributed by atoms with Crippen LogP contribution in [0, 0.1) is 0 Å². The van der Waals surface area contributed by atoms with Gasteiger partial charge in [-0.1, -0.05) is 32.0 Å². The van der Waals surface area contributed by atoms with Crippen LogP contribution in [0.1, 0.15) is 39.2 Å². The Morgan fingerprint density at radius 2 is 1.65 bits per heavy atom. The van der Waals surface area contributed by atoms with Crippen LogP contribution in [-0.2, 0) is 14.4 Å². The number of hydrazine groups is 1. The standard InChI is InChI=1S/C16H23N3O4/c1-10(2)12-7-5-6-8-13(12)23-9-14(20)18-19-16(22)15(21)17-11(3)4/h5-8,10-11H,9H2,1-4H3,(H,17,21)(H,18,20)(H,19,22). The monoisotopic (exact) mass is 321 g/mol. The SMILES string of the molecule is CC(C)NC(=O)C(=O)NNC(=O)COc1ccccc1C(C)C. The molecular weight excluding hydrogens is 298 g/mol. The summed E-state index contributed by atoms with van der Waals surface area (Å²) in [5.41, 5.74) is 5.15. The van der Waals surface area contributed by atoms with Crippen molar-refractivity contribution in [1.82, 2.24) is 16.2 Å². The number of hydrogen-bond donors (Lipinski definition) is 3. The van der Waals surface area contributed by atoms with Gasteiger partial charge in [0, 0.05) is 6.04 Å². The molecule has 0 aliphatic carbocycles. The second-order valence-electron chi connectivity index (χ2n) is 5.61. The van der Waals surface area contributed by atoms with Crippen LogP contribution in [0.3, 0.4) is 0 Å². The third-order valence-corrected chi connectivity index (χ3v) is 2.84. The first-order valence-electron chi connectivity index (χ1n) is 7.42. The zero-order chi connectivity index (χ0) is 17.4. The molecule has 0 fully saturated rings. The molecule has 0 saturated carbocycles. The molecule has 0 unspecified atom stereocenters. The normalized spacial score (nSPS) is 10.3. The summed E-state index contributed by atoms with van der Waals surface area (Å²) >= 11 is 0. The van der Waals surface area contributed by atoms with Gasteiger partial charge in [0.15, 0.2) is 6.61 Å². The van der Waals surface area contributed by atoms with Gasteiger partial charge in [0.2, 0.25) is 0 Å². The predicted molar refractivity (Wildman–Crippen MR) is 85.6 cm³/mol. The van der Waals surface area contributed by atoms with E-state index in [1.165, 1.54) is 0 Å². The van der Waals surface area contributed by atoms with Gasteiger partial charge in [0.1, 0.15) is 5.75 Å². The highest BCUT2D eigenvalue weighted by molar-refractivity contribution is 6.35. The number of amides is 3. The van der Waals surface area contributed by atoms with Crippen molar-refractivity contribution in [1.29, 1.82) is 0 Å². The van der Waals surface area contributed by atoms with Gasteiger partial charge < -0.3 is 10.1 Å². The molecule has 0 aliphatic rings. The molecule has 7 nitrogen and oxygen atoms in total. The molecule has 7 heteroatoms. The molecule has 0 radical (unpaired) electrons. The van der Waals surface area contributed by atoms with E-state index in [9.17, 15) is 14.4 Å². The van der Waals surface area contributed by atoms with Gasteiger partial charge in [-0.05, 0) is 31.4 Å². The van der Waals surface area contributed by atoms with Gasteiger partial charge in [-0.25, -0.2) is 0 Å². The van der Waals surface area contributed by atoms with E-state index in [0.717, 1.165) is 5.56 Å². The van der Waals surface area contributed by atoms with Gasteiger partial charge >= 0.3 is 11.8 Å². The average molecular weight is 321 g/mol. The Hall–Kier alpha value is -2.57. The lowest BCUT2D eigenvalue weighted by Gasteiger charge is -2.14. The van der Waals surface area contributed by atoms with Crippen molar-refractivity contribution in [2.75, 3.05) is 6.61 Å². The highest BCUT2D eigenvalue weighted by Crippen LogP contribution is 2.25. The first kappa shape index (κ1) is 18.5. The Labute approximate surface area is 135 Å². The third kappa shape index (κ3) is 6.37.